The zero-order chi connectivity index (χ0) is 18.0. The topological polar surface area (TPSA) is 47.3 Å². The standard InChI is InChI=1S/C17H20F3N3O/c1-16(2,12-21)15(24)23-9-7-22(8-10-23)11-13-3-5-14(6-4-13)17(18,19)20/h3-6H,7-11H2,1-2H3. The maximum atomic E-state index is 12.6. The van der Waals surface area contributed by atoms with Gasteiger partial charge < -0.3 is 4.90 Å². The monoisotopic (exact) mass is 339 g/mol. The van der Waals surface area contributed by atoms with Gasteiger partial charge in [0.1, 0.15) is 5.41 Å². The van der Waals surface area contributed by atoms with Crippen LogP contribution in [0.5, 0.6) is 0 Å². The Labute approximate surface area is 139 Å². The molecule has 4 nitrogen and oxygen atoms in total. The van der Waals surface area contributed by atoms with Gasteiger partial charge in [0.05, 0.1) is 11.6 Å². The number of carbonyl (C=O) groups excluding carboxylic acids is 1. The first kappa shape index (κ1) is 18.3. The number of nitrogens with zero attached hydrogens (tertiary/aromatic N) is 3. The van der Waals surface area contributed by atoms with Crippen LogP contribution in [0.25, 0.3) is 0 Å². The summed E-state index contributed by atoms with van der Waals surface area (Å²) in [4.78, 5) is 16.0. The molecule has 1 aromatic carbocycles. The molecule has 0 bridgehead atoms. The lowest BCUT2D eigenvalue weighted by atomic mass is 9.93. The highest BCUT2D eigenvalue weighted by atomic mass is 19.4. The number of benzene rings is 1. The summed E-state index contributed by atoms with van der Waals surface area (Å²) in [6.45, 7) is 6.05. The van der Waals surface area contributed by atoms with Crippen molar-refractivity contribution in [3.8, 4) is 6.07 Å². The first-order chi connectivity index (χ1) is 11.1. The molecule has 24 heavy (non-hydrogen) atoms. The number of amides is 1. The minimum atomic E-state index is -4.32. The summed E-state index contributed by atoms with van der Waals surface area (Å²) < 4.78 is 37.7. The Morgan fingerprint density at radius 1 is 1.12 bits per heavy atom. The van der Waals surface area contributed by atoms with Gasteiger partial charge >= 0.3 is 6.18 Å². The fourth-order valence-corrected chi connectivity index (χ4v) is 2.61. The van der Waals surface area contributed by atoms with Gasteiger partial charge in [0, 0.05) is 32.7 Å². The van der Waals surface area contributed by atoms with Gasteiger partial charge in [-0.25, -0.2) is 0 Å². The second kappa shape index (κ2) is 6.81. The quantitative estimate of drug-likeness (QED) is 0.851. The fourth-order valence-electron chi connectivity index (χ4n) is 2.61. The average Bonchev–Trinajstić information content (AvgIpc) is 2.54. The van der Waals surface area contributed by atoms with E-state index in [4.69, 9.17) is 5.26 Å². The first-order valence-electron chi connectivity index (χ1n) is 7.72. The third kappa shape index (κ3) is 4.26. The highest BCUT2D eigenvalue weighted by molar-refractivity contribution is 5.84. The van der Waals surface area contributed by atoms with E-state index in [1.54, 1.807) is 18.7 Å². The number of nitriles is 1. The summed E-state index contributed by atoms with van der Waals surface area (Å²) in [6, 6.07) is 7.16. The molecular formula is C17H20F3N3O. The normalized spacial score (nSPS) is 16.8. The van der Waals surface area contributed by atoms with Gasteiger partial charge in [-0.2, -0.15) is 18.4 Å². The molecule has 0 N–H and O–H groups in total. The van der Waals surface area contributed by atoms with Gasteiger partial charge in [-0.1, -0.05) is 12.1 Å². The molecule has 130 valence electrons. The Morgan fingerprint density at radius 2 is 1.67 bits per heavy atom. The lowest BCUT2D eigenvalue weighted by molar-refractivity contribution is -0.139. The number of hydrogen-bond acceptors (Lipinski definition) is 3. The lowest BCUT2D eigenvalue weighted by Gasteiger charge is -2.37. The van der Waals surface area contributed by atoms with Crippen LogP contribution in [0.1, 0.15) is 25.0 Å². The molecule has 0 aliphatic carbocycles. The van der Waals surface area contributed by atoms with Gasteiger partial charge in [0.2, 0.25) is 5.91 Å². The van der Waals surface area contributed by atoms with Gasteiger partial charge in [0.25, 0.3) is 0 Å². The maximum absolute atomic E-state index is 12.6. The summed E-state index contributed by atoms with van der Waals surface area (Å²) in [5.74, 6) is -0.181. The minimum absolute atomic E-state index is 0.181. The smallest absolute Gasteiger partial charge is 0.339 e. The van der Waals surface area contributed by atoms with E-state index in [1.807, 2.05) is 6.07 Å². The summed E-state index contributed by atoms with van der Waals surface area (Å²) >= 11 is 0. The molecule has 0 spiro atoms. The predicted molar refractivity (Wildman–Crippen MR) is 82.7 cm³/mol. The number of alkyl halides is 3. The van der Waals surface area contributed by atoms with E-state index >= 15 is 0 Å². The fraction of sp³-hybridized carbons (Fsp3) is 0.529. The van der Waals surface area contributed by atoms with Crippen LogP contribution in [-0.4, -0.2) is 41.9 Å². The van der Waals surface area contributed by atoms with Crippen molar-refractivity contribution in [2.24, 2.45) is 5.41 Å². The SMILES string of the molecule is CC(C)(C#N)C(=O)N1CCN(Cc2ccc(C(F)(F)F)cc2)CC1. The second-order valence-electron chi connectivity index (χ2n) is 6.50. The number of hydrogen-bond donors (Lipinski definition) is 0. The van der Waals surface area contributed by atoms with Crippen molar-refractivity contribution in [3.05, 3.63) is 35.4 Å². The number of carbonyl (C=O) groups is 1. The first-order valence-corrected chi connectivity index (χ1v) is 7.72. The molecule has 1 heterocycles. The van der Waals surface area contributed by atoms with Crippen LogP contribution in [0, 0.1) is 16.7 Å². The molecule has 1 aromatic rings. The molecule has 1 amide bonds. The molecule has 7 heteroatoms. The van der Waals surface area contributed by atoms with Crippen LogP contribution in [0.4, 0.5) is 13.2 Å². The minimum Gasteiger partial charge on any atom is -0.339 e. The molecular weight excluding hydrogens is 319 g/mol. The van der Waals surface area contributed by atoms with Crippen molar-refractivity contribution in [2.75, 3.05) is 26.2 Å². The van der Waals surface area contributed by atoms with Crippen molar-refractivity contribution in [2.45, 2.75) is 26.6 Å². The van der Waals surface area contributed by atoms with Crippen LogP contribution in [0.2, 0.25) is 0 Å². The largest absolute Gasteiger partial charge is 0.416 e. The van der Waals surface area contributed by atoms with Crippen LogP contribution in [0.15, 0.2) is 24.3 Å². The Morgan fingerprint density at radius 3 is 2.12 bits per heavy atom. The maximum Gasteiger partial charge on any atom is 0.416 e. The van der Waals surface area contributed by atoms with Crippen LogP contribution in [-0.2, 0) is 17.5 Å². The molecule has 2 rings (SSSR count). The van der Waals surface area contributed by atoms with Gasteiger partial charge in [-0.3, -0.25) is 9.69 Å². The molecule has 0 radical (unpaired) electrons. The highest BCUT2D eigenvalue weighted by Crippen LogP contribution is 2.29. The van der Waals surface area contributed by atoms with Crippen LogP contribution < -0.4 is 0 Å². The predicted octanol–water partition coefficient (Wildman–Crippen LogP) is 2.90. The molecule has 0 saturated carbocycles. The molecule has 1 saturated heterocycles. The summed E-state index contributed by atoms with van der Waals surface area (Å²) in [5, 5.41) is 9.03. The van der Waals surface area contributed by atoms with Crippen LogP contribution >= 0.6 is 0 Å². The Bertz CT molecular complexity index is 624. The summed E-state index contributed by atoms with van der Waals surface area (Å²) in [6.07, 6.45) is -4.32. The van der Waals surface area contributed by atoms with Crippen molar-refractivity contribution in [1.29, 1.82) is 5.26 Å². The van der Waals surface area contributed by atoms with E-state index in [1.165, 1.54) is 12.1 Å². The van der Waals surface area contributed by atoms with Gasteiger partial charge in [-0.05, 0) is 31.5 Å². The molecule has 1 fully saturated rings. The molecule has 0 atom stereocenters. The van der Waals surface area contributed by atoms with Crippen molar-refractivity contribution >= 4 is 5.91 Å². The van der Waals surface area contributed by atoms with Crippen LogP contribution in [0.3, 0.4) is 0 Å². The summed E-state index contributed by atoms with van der Waals surface area (Å²) in [7, 11) is 0. The van der Waals surface area contributed by atoms with Gasteiger partial charge in [0.15, 0.2) is 0 Å². The molecule has 0 unspecified atom stereocenters. The third-order valence-electron chi connectivity index (χ3n) is 4.16. The molecule has 1 aliphatic heterocycles. The molecule has 1 aliphatic rings. The Kier molecular flexibility index (Phi) is 5.19. The second-order valence-corrected chi connectivity index (χ2v) is 6.50. The highest BCUT2D eigenvalue weighted by Gasteiger charge is 2.34. The van der Waals surface area contributed by atoms with E-state index in [0.717, 1.165) is 17.7 Å². The van der Waals surface area contributed by atoms with Crippen molar-refractivity contribution in [1.82, 2.24) is 9.80 Å². The lowest BCUT2D eigenvalue weighted by Crippen LogP contribution is -2.51. The Hall–Kier alpha value is -2.07. The van der Waals surface area contributed by atoms with E-state index < -0.39 is 17.2 Å². The number of piperazine rings is 1. The zero-order valence-electron chi connectivity index (χ0n) is 13.7. The Balaban J connectivity index is 1.90. The van der Waals surface area contributed by atoms with Crippen molar-refractivity contribution < 1.29 is 18.0 Å². The number of halogens is 3. The summed E-state index contributed by atoms with van der Waals surface area (Å²) in [5.41, 5.74) is -0.879. The number of rotatable bonds is 3. The van der Waals surface area contributed by atoms with E-state index in [9.17, 15) is 18.0 Å². The van der Waals surface area contributed by atoms with Crippen molar-refractivity contribution in [3.63, 3.8) is 0 Å². The zero-order valence-corrected chi connectivity index (χ0v) is 13.7. The molecule has 0 aromatic heterocycles. The van der Waals surface area contributed by atoms with E-state index in [2.05, 4.69) is 4.90 Å². The average molecular weight is 339 g/mol. The van der Waals surface area contributed by atoms with Gasteiger partial charge in [-0.15, -0.1) is 0 Å². The van der Waals surface area contributed by atoms with E-state index in [-0.39, 0.29) is 5.91 Å². The van der Waals surface area contributed by atoms with E-state index in [0.29, 0.717) is 32.7 Å². The third-order valence-corrected chi connectivity index (χ3v) is 4.16.